The van der Waals surface area contributed by atoms with Crippen LogP contribution in [0.15, 0.2) is 146 Å². The molecule has 86 heavy (non-hydrogen) atoms. The lowest BCUT2D eigenvalue weighted by Crippen LogP contribution is -2.62. The molecule has 4 saturated heterocycles. The highest BCUT2D eigenvalue weighted by Crippen LogP contribution is 2.47. The number of likely N-dealkylation sites (tertiary alicyclic amines) is 2. The van der Waals surface area contributed by atoms with Crippen molar-refractivity contribution in [1.82, 2.24) is 19.6 Å². The summed E-state index contributed by atoms with van der Waals surface area (Å²) >= 11 is 24.9. The van der Waals surface area contributed by atoms with E-state index in [0.717, 1.165) is 46.2 Å². The van der Waals surface area contributed by atoms with Crippen molar-refractivity contribution in [1.29, 1.82) is 0 Å². The molecular formula is C66H66Cl4F2N4O10. The SMILES string of the molecule is CCC[C@@H](C(=O)N1CC(C)C1)N1C(=O)[C@@H](Cc2ccc(F)cc2)O[C@H](c2ccc(Cl)cc2)[C@@H]1c1ccc(Cl)cc1.CCC[C@H](C(=O)N1CC(C)C1)N1C(=O)[C@H](Cc2ccc(F)cc2)O[C@@H](c2ccc(Cl)cc2)[C@H]1c1ccc(Cl)cc1.O=C=O.O=C=O. The third kappa shape index (κ3) is 16.7. The molecule has 0 spiro atoms. The van der Waals surface area contributed by atoms with Crippen molar-refractivity contribution in [2.75, 3.05) is 26.2 Å². The number of carbonyl (C=O) groups is 4. The molecule has 20 heteroatoms. The fourth-order valence-electron chi connectivity index (χ4n) is 11.5. The van der Waals surface area contributed by atoms with Gasteiger partial charge in [0.2, 0.25) is 11.8 Å². The van der Waals surface area contributed by atoms with Crippen LogP contribution in [0.1, 0.15) is 111 Å². The van der Waals surface area contributed by atoms with Crippen LogP contribution in [0.25, 0.3) is 0 Å². The maximum absolute atomic E-state index is 14.4. The zero-order valence-electron chi connectivity index (χ0n) is 47.8. The van der Waals surface area contributed by atoms with Gasteiger partial charge in [-0.3, -0.25) is 19.2 Å². The van der Waals surface area contributed by atoms with Crippen LogP contribution in [0.2, 0.25) is 20.1 Å². The van der Waals surface area contributed by atoms with E-state index in [2.05, 4.69) is 13.8 Å². The lowest BCUT2D eigenvalue weighted by atomic mass is 9.88. The summed E-state index contributed by atoms with van der Waals surface area (Å²) in [6.07, 6.45) is 0.619. The molecule has 4 amide bonds. The van der Waals surface area contributed by atoms with Crippen LogP contribution < -0.4 is 0 Å². The molecule has 4 aliphatic rings. The van der Waals surface area contributed by atoms with Crippen LogP contribution in [0.3, 0.4) is 0 Å². The Morgan fingerprint density at radius 3 is 1.00 bits per heavy atom. The average molecular weight is 1260 g/mol. The highest BCUT2D eigenvalue weighted by Gasteiger charge is 2.51. The zero-order chi connectivity index (χ0) is 62.2. The Labute approximate surface area is 519 Å². The molecule has 0 N–H and O–H groups in total. The number of ether oxygens (including phenoxy) is 2. The van der Waals surface area contributed by atoms with Gasteiger partial charge in [-0.2, -0.15) is 19.2 Å². The maximum atomic E-state index is 14.4. The molecule has 0 unspecified atom stereocenters. The summed E-state index contributed by atoms with van der Waals surface area (Å²) < 4.78 is 40.5. The first-order valence-electron chi connectivity index (χ1n) is 28.3. The Bertz CT molecular complexity index is 3070. The van der Waals surface area contributed by atoms with E-state index in [9.17, 15) is 28.0 Å². The number of nitrogens with zero attached hydrogens (tertiary/aromatic N) is 4. The van der Waals surface area contributed by atoms with Gasteiger partial charge in [0.15, 0.2) is 0 Å². The van der Waals surface area contributed by atoms with Crippen molar-refractivity contribution < 1.29 is 56.6 Å². The highest BCUT2D eigenvalue weighted by molar-refractivity contribution is 6.31. The van der Waals surface area contributed by atoms with Gasteiger partial charge in [-0.25, -0.2) is 8.78 Å². The van der Waals surface area contributed by atoms with E-state index in [4.69, 9.17) is 75.1 Å². The Kier molecular flexibility index (Phi) is 24.3. The third-order valence-electron chi connectivity index (χ3n) is 15.5. The number of halogens is 6. The van der Waals surface area contributed by atoms with Gasteiger partial charge in [-0.05, 0) is 131 Å². The van der Waals surface area contributed by atoms with Gasteiger partial charge in [-0.15, -0.1) is 0 Å². The number of benzene rings is 6. The predicted molar refractivity (Wildman–Crippen MR) is 319 cm³/mol. The van der Waals surface area contributed by atoms with Crippen LogP contribution in [0, 0.1) is 23.5 Å². The second-order valence-electron chi connectivity index (χ2n) is 21.8. The molecule has 6 aromatic rings. The molecule has 0 aromatic heterocycles. The molecule has 4 fully saturated rings. The first-order chi connectivity index (χ1) is 41.3. The fraction of sp³-hybridized carbons (Fsp3) is 0.364. The number of carbonyl (C=O) groups excluding carboxylic acids is 8. The second kappa shape index (κ2) is 31.5. The van der Waals surface area contributed by atoms with E-state index in [1.165, 1.54) is 24.3 Å². The molecule has 0 bridgehead atoms. The van der Waals surface area contributed by atoms with Crippen LogP contribution in [0.5, 0.6) is 0 Å². The number of rotatable bonds is 16. The lowest BCUT2D eigenvalue weighted by Gasteiger charge is -2.49. The van der Waals surface area contributed by atoms with Gasteiger partial charge in [0, 0.05) is 59.1 Å². The summed E-state index contributed by atoms with van der Waals surface area (Å²) in [6, 6.07) is 39.2. The van der Waals surface area contributed by atoms with Crippen LogP contribution in [0.4, 0.5) is 8.78 Å². The van der Waals surface area contributed by atoms with Crippen LogP contribution >= 0.6 is 46.4 Å². The Balaban J connectivity index is 0.000000226. The molecule has 452 valence electrons. The molecule has 14 nitrogen and oxygen atoms in total. The molecule has 4 heterocycles. The number of morpholine rings is 2. The number of hydrogen-bond donors (Lipinski definition) is 0. The van der Waals surface area contributed by atoms with E-state index in [1.54, 1.807) is 82.6 Å². The van der Waals surface area contributed by atoms with Gasteiger partial charge in [-0.1, -0.05) is 160 Å². The summed E-state index contributed by atoms with van der Waals surface area (Å²) in [5, 5.41) is 2.33. The summed E-state index contributed by atoms with van der Waals surface area (Å²) in [4.78, 5) is 96.4. The normalized spacial score (nSPS) is 20.9. The minimum Gasteiger partial charge on any atom is -0.358 e. The fourth-order valence-corrected chi connectivity index (χ4v) is 12.0. The average Bonchev–Trinajstić information content (AvgIpc) is 0.878. The van der Waals surface area contributed by atoms with E-state index < -0.39 is 48.6 Å². The Morgan fingerprint density at radius 2 is 0.744 bits per heavy atom. The van der Waals surface area contributed by atoms with E-state index in [1.807, 2.05) is 72.2 Å². The molecule has 0 saturated carbocycles. The van der Waals surface area contributed by atoms with Crippen LogP contribution in [-0.2, 0) is 60.7 Å². The predicted octanol–water partition coefficient (Wildman–Crippen LogP) is 12.9. The first-order valence-corrected chi connectivity index (χ1v) is 29.9. The van der Waals surface area contributed by atoms with Gasteiger partial charge < -0.3 is 29.1 Å². The van der Waals surface area contributed by atoms with Gasteiger partial charge in [0.1, 0.15) is 48.1 Å². The van der Waals surface area contributed by atoms with Gasteiger partial charge in [0.25, 0.3) is 11.8 Å². The molecular weight excluding hydrogens is 1190 g/mol. The van der Waals surface area contributed by atoms with Crippen molar-refractivity contribution >= 4 is 82.3 Å². The number of amides is 4. The summed E-state index contributed by atoms with van der Waals surface area (Å²) in [5.41, 5.74) is 4.87. The van der Waals surface area contributed by atoms with E-state index in [0.29, 0.717) is 70.9 Å². The Morgan fingerprint density at radius 1 is 0.477 bits per heavy atom. The van der Waals surface area contributed by atoms with Crippen molar-refractivity contribution in [2.45, 2.75) is 115 Å². The van der Waals surface area contributed by atoms with E-state index in [-0.39, 0.29) is 60.4 Å². The first kappa shape index (κ1) is 66.4. The molecule has 6 aromatic carbocycles. The summed E-state index contributed by atoms with van der Waals surface area (Å²) in [6.45, 7) is 11.0. The van der Waals surface area contributed by atoms with Crippen molar-refractivity contribution in [2.24, 2.45) is 11.8 Å². The third-order valence-corrected chi connectivity index (χ3v) is 16.5. The van der Waals surface area contributed by atoms with Gasteiger partial charge in [0.05, 0.1) is 12.1 Å². The summed E-state index contributed by atoms with van der Waals surface area (Å²) in [5.74, 6) is -0.404. The Hall–Kier alpha value is -7.10. The van der Waals surface area contributed by atoms with E-state index >= 15 is 0 Å². The largest absolute Gasteiger partial charge is 0.373 e. The summed E-state index contributed by atoms with van der Waals surface area (Å²) in [7, 11) is 0. The van der Waals surface area contributed by atoms with Crippen molar-refractivity contribution in [3.63, 3.8) is 0 Å². The van der Waals surface area contributed by atoms with Crippen LogP contribution in [-0.4, -0.2) is 106 Å². The molecule has 4 aliphatic heterocycles. The second-order valence-corrected chi connectivity index (χ2v) is 23.6. The monoisotopic (exact) mass is 1250 g/mol. The zero-order valence-corrected chi connectivity index (χ0v) is 50.9. The molecule has 0 radical (unpaired) electrons. The topological polar surface area (TPSA) is 168 Å². The molecule has 10 rings (SSSR count). The van der Waals surface area contributed by atoms with Crippen molar-refractivity contribution in [3.8, 4) is 0 Å². The maximum Gasteiger partial charge on any atom is 0.373 e. The lowest BCUT2D eigenvalue weighted by molar-refractivity contribution is -0.193. The molecule has 0 aliphatic carbocycles. The minimum absolute atomic E-state index is 0.0375. The number of hydrogen-bond acceptors (Lipinski definition) is 10. The smallest absolute Gasteiger partial charge is 0.358 e. The standard InChI is InChI=1S/2C32H33Cl2FN2O3.2CO2/c2*1-3-4-27(31(38)36-18-20(2)19-36)37-29(22-7-11-24(33)12-8-22)30(23-9-13-25(34)14-10-23)40-28(32(37)39)17-21-5-15-26(35)16-6-21;2*2-1-3/h2*5-16,20,27-30H,3-4,17-19H2,1-2H3;;/t2*27-,28+,29-,30+;;/m10../s1. The molecule has 8 atom stereocenters. The quantitative estimate of drug-likeness (QED) is 0.0909. The minimum atomic E-state index is -0.864. The van der Waals surface area contributed by atoms with Crippen molar-refractivity contribution in [3.05, 3.63) is 211 Å². The highest BCUT2D eigenvalue weighted by atomic mass is 35.5. The van der Waals surface area contributed by atoms with Gasteiger partial charge >= 0.3 is 12.3 Å².